The highest BCUT2D eigenvalue weighted by molar-refractivity contribution is 7.14. The maximum Gasteiger partial charge on any atom is 0.360 e. The van der Waals surface area contributed by atoms with Gasteiger partial charge in [-0.1, -0.05) is 0 Å². The number of primary amides is 1. The molecule has 0 spiro atoms. The Balaban J connectivity index is 2.16. The van der Waals surface area contributed by atoms with Crippen LogP contribution in [0.5, 0.6) is 0 Å². The lowest BCUT2D eigenvalue weighted by Crippen LogP contribution is -2.10. The maximum atomic E-state index is 11.7. The van der Waals surface area contributed by atoms with Crippen LogP contribution in [0.25, 0.3) is 0 Å². The number of nitrogens with zero attached hydrogens (tertiary/aromatic N) is 1. The zero-order chi connectivity index (χ0) is 14.5. The summed E-state index contributed by atoms with van der Waals surface area (Å²) in [4.78, 5) is 26.6. The molecule has 0 aliphatic rings. The second-order valence-electron chi connectivity index (χ2n) is 3.82. The molecule has 20 heavy (non-hydrogen) atoms. The number of nitrogens with two attached hydrogens (primary N) is 1. The number of aromatic nitrogens is 1. The molecule has 2 aromatic rings. The van der Waals surface area contributed by atoms with E-state index in [4.69, 9.17) is 10.5 Å². The van der Waals surface area contributed by atoms with E-state index in [1.165, 1.54) is 11.3 Å². The van der Waals surface area contributed by atoms with Crippen LogP contribution in [-0.4, -0.2) is 23.5 Å². The number of rotatable bonds is 5. The summed E-state index contributed by atoms with van der Waals surface area (Å²) in [5.74, 6) is -0.952. The van der Waals surface area contributed by atoms with Crippen molar-refractivity contribution >= 4 is 33.9 Å². The van der Waals surface area contributed by atoms with Gasteiger partial charge in [0.05, 0.1) is 12.1 Å². The lowest BCUT2D eigenvalue weighted by molar-refractivity contribution is 0.0521. The number of carbonyl (C=O) groups excluding carboxylic acids is 2. The zero-order valence-electron chi connectivity index (χ0n) is 10.8. The summed E-state index contributed by atoms with van der Waals surface area (Å²) < 4.78 is 4.92. The number of anilines is 2. The molecule has 1 heterocycles. The van der Waals surface area contributed by atoms with E-state index in [9.17, 15) is 9.59 Å². The molecule has 1 amide bonds. The molecule has 0 unspecified atom stereocenters. The van der Waals surface area contributed by atoms with Gasteiger partial charge in [-0.25, -0.2) is 9.78 Å². The Morgan fingerprint density at radius 2 is 2.05 bits per heavy atom. The third-order valence-electron chi connectivity index (χ3n) is 2.46. The van der Waals surface area contributed by atoms with Crippen LogP contribution < -0.4 is 11.1 Å². The summed E-state index contributed by atoms with van der Waals surface area (Å²) >= 11 is 1.29. The smallest absolute Gasteiger partial charge is 0.360 e. The van der Waals surface area contributed by atoms with E-state index in [0.29, 0.717) is 17.2 Å². The molecule has 0 radical (unpaired) electrons. The van der Waals surface area contributed by atoms with Gasteiger partial charge in [-0.3, -0.25) is 4.79 Å². The zero-order valence-corrected chi connectivity index (χ0v) is 11.6. The van der Waals surface area contributed by atoms with Gasteiger partial charge in [-0.2, -0.15) is 0 Å². The predicted molar refractivity (Wildman–Crippen MR) is 76.3 cm³/mol. The van der Waals surface area contributed by atoms with Gasteiger partial charge in [0.15, 0.2) is 5.69 Å². The molecule has 1 aromatic carbocycles. The van der Waals surface area contributed by atoms with Gasteiger partial charge < -0.3 is 15.8 Å². The van der Waals surface area contributed by atoms with Gasteiger partial charge in [0.2, 0.25) is 5.91 Å². The first-order chi connectivity index (χ1) is 9.61. The third kappa shape index (κ3) is 3.12. The van der Waals surface area contributed by atoms with E-state index < -0.39 is 11.9 Å². The van der Waals surface area contributed by atoms with Gasteiger partial charge in [0.25, 0.3) is 0 Å². The minimum absolute atomic E-state index is 0.246. The molecule has 7 heteroatoms. The number of benzene rings is 1. The number of hydrogen-bond donors (Lipinski definition) is 2. The van der Waals surface area contributed by atoms with Crippen LogP contribution in [0.2, 0.25) is 0 Å². The second kappa shape index (κ2) is 6.16. The third-order valence-corrected chi connectivity index (χ3v) is 3.21. The average Bonchev–Trinajstić information content (AvgIpc) is 2.88. The number of thiazole rings is 1. The topological polar surface area (TPSA) is 94.3 Å². The standard InChI is InChI=1S/C13H13N3O3S/c1-2-19-13(18)10-12(20-7-15-10)16-9-5-3-8(4-6-9)11(14)17/h3-7,16H,2H2,1H3,(H2,14,17). The SMILES string of the molecule is CCOC(=O)c1ncsc1Nc1ccc(C(N)=O)cc1. The highest BCUT2D eigenvalue weighted by Crippen LogP contribution is 2.25. The van der Waals surface area contributed by atoms with Crippen molar-refractivity contribution < 1.29 is 14.3 Å². The van der Waals surface area contributed by atoms with Crippen LogP contribution >= 0.6 is 11.3 Å². The van der Waals surface area contributed by atoms with E-state index in [0.717, 1.165) is 5.69 Å². The number of hydrogen-bond acceptors (Lipinski definition) is 6. The highest BCUT2D eigenvalue weighted by atomic mass is 32.1. The number of amides is 1. The summed E-state index contributed by atoms with van der Waals surface area (Å²) in [5.41, 5.74) is 8.12. The van der Waals surface area contributed by atoms with Crippen molar-refractivity contribution in [1.29, 1.82) is 0 Å². The quantitative estimate of drug-likeness (QED) is 0.823. The molecule has 0 saturated heterocycles. The summed E-state index contributed by atoms with van der Waals surface area (Å²) in [6.07, 6.45) is 0. The van der Waals surface area contributed by atoms with Crippen LogP contribution in [0, 0.1) is 0 Å². The largest absolute Gasteiger partial charge is 0.461 e. The molecule has 6 nitrogen and oxygen atoms in total. The van der Waals surface area contributed by atoms with E-state index in [-0.39, 0.29) is 5.69 Å². The van der Waals surface area contributed by atoms with Crippen molar-refractivity contribution in [2.24, 2.45) is 5.73 Å². The molecule has 0 aliphatic heterocycles. The fraction of sp³-hybridized carbons (Fsp3) is 0.154. The maximum absolute atomic E-state index is 11.7. The number of ether oxygens (including phenoxy) is 1. The summed E-state index contributed by atoms with van der Waals surface area (Å²) in [7, 11) is 0. The van der Waals surface area contributed by atoms with Crippen LogP contribution in [0.1, 0.15) is 27.8 Å². The molecule has 0 bridgehead atoms. The number of nitrogens with one attached hydrogen (secondary N) is 1. The monoisotopic (exact) mass is 291 g/mol. The molecular formula is C13H13N3O3S. The van der Waals surface area contributed by atoms with Crippen LogP contribution in [0.4, 0.5) is 10.7 Å². The van der Waals surface area contributed by atoms with Crippen molar-refractivity contribution in [3.63, 3.8) is 0 Å². The molecule has 0 saturated carbocycles. The molecule has 0 aliphatic carbocycles. The van der Waals surface area contributed by atoms with Crippen molar-refractivity contribution in [3.8, 4) is 0 Å². The second-order valence-corrected chi connectivity index (χ2v) is 4.67. The van der Waals surface area contributed by atoms with Gasteiger partial charge in [0, 0.05) is 11.3 Å². The molecule has 3 N–H and O–H groups in total. The van der Waals surface area contributed by atoms with Gasteiger partial charge in [-0.05, 0) is 31.2 Å². The number of esters is 1. The Morgan fingerprint density at radius 1 is 1.35 bits per heavy atom. The van der Waals surface area contributed by atoms with Gasteiger partial charge in [-0.15, -0.1) is 11.3 Å². The summed E-state index contributed by atoms with van der Waals surface area (Å²) in [6, 6.07) is 6.62. The molecule has 104 valence electrons. The highest BCUT2D eigenvalue weighted by Gasteiger charge is 2.16. The van der Waals surface area contributed by atoms with Gasteiger partial charge in [0.1, 0.15) is 5.00 Å². The van der Waals surface area contributed by atoms with E-state index >= 15 is 0 Å². The fourth-order valence-corrected chi connectivity index (χ4v) is 2.22. The number of carbonyl (C=O) groups is 2. The molecule has 1 aromatic heterocycles. The lowest BCUT2D eigenvalue weighted by atomic mass is 10.2. The Bertz CT molecular complexity index is 622. The lowest BCUT2D eigenvalue weighted by Gasteiger charge is -2.06. The minimum atomic E-state index is -0.485. The van der Waals surface area contributed by atoms with Crippen LogP contribution in [-0.2, 0) is 4.74 Å². The van der Waals surface area contributed by atoms with Crippen molar-refractivity contribution in [1.82, 2.24) is 4.98 Å². The van der Waals surface area contributed by atoms with Crippen molar-refractivity contribution in [2.75, 3.05) is 11.9 Å². The first-order valence-electron chi connectivity index (χ1n) is 5.89. The Morgan fingerprint density at radius 3 is 2.65 bits per heavy atom. The fourth-order valence-electron chi connectivity index (χ4n) is 1.53. The van der Waals surface area contributed by atoms with Gasteiger partial charge >= 0.3 is 5.97 Å². The van der Waals surface area contributed by atoms with E-state index in [2.05, 4.69) is 10.3 Å². The van der Waals surface area contributed by atoms with Crippen LogP contribution in [0.3, 0.4) is 0 Å². The molecule has 0 fully saturated rings. The first kappa shape index (κ1) is 14.0. The van der Waals surface area contributed by atoms with E-state index in [1.807, 2.05) is 0 Å². The van der Waals surface area contributed by atoms with Crippen molar-refractivity contribution in [3.05, 3.63) is 41.0 Å². The molecule has 0 atom stereocenters. The van der Waals surface area contributed by atoms with E-state index in [1.54, 1.807) is 36.7 Å². The Kier molecular flexibility index (Phi) is 4.31. The average molecular weight is 291 g/mol. The summed E-state index contributed by atoms with van der Waals surface area (Å²) in [6.45, 7) is 2.03. The predicted octanol–water partition coefficient (Wildman–Crippen LogP) is 2.16. The van der Waals surface area contributed by atoms with Crippen molar-refractivity contribution in [2.45, 2.75) is 6.92 Å². The minimum Gasteiger partial charge on any atom is -0.461 e. The Labute approximate surface area is 119 Å². The molecule has 2 rings (SSSR count). The summed E-state index contributed by atoms with van der Waals surface area (Å²) in [5, 5.41) is 3.65. The Hall–Kier alpha value is -2.41. The first-order valence-corrected chi connectivity index (χ1v) is 6.77. The van der Waals surface area contributed by atoms with Crippen LogP contribution in [0.15, 0.2) is 29.8 Å². The normalized spacial score (nSPS) is 10.1. The molecular weight excluding hydrogens is 278 g/mol.